The summed E-state index contributed by atoms with van der Waals surface area (Å²) in [7, 11) is -2.11. The second-order valence-corrected chi connectivity index (χ2v) is 8.64. The Bertz CT molecular complexity index is 872. The zero-order valence-corrected chi connectivity index (χ0v) is 16.1. The molecule has 2 unspecified atom stereocenters. The van der Waals surface area contributed by atoms with Gasteiger partial charge in [0, 0.05) is 12.4 Å². The maximum absolute atomic E-state index is 13.5. The van der Waals surface area contributed by atoms with Crippen molar-refractivity contribution in [1.82, 2.24) is 5.32 Å². The third-order valence-electron chi connectivity index (χ3n) is 4.49. The highest BCUT2D eigenvalue weighted by Crippen LogP contribution is 2.53. The molecule has 2 N–H and O–H groups in total. The fraction of sp³-hybridized carbons (Fsp3) is 0.182. The number of methoxy groups -OCH3 is 1. The molecule has 0 amide bonds. The Hall–Kier alpha value is -2.23. The maximum atomic E-state index is 13.5. The van der Waals surface area contributed by atoms with Gasteiger partial charge in [-0.25, -0.2) is 0 Å². The van der Waals surface area contributed by atoms with Crippen LogP contribution in [0.5, 0.6) is 0 Å². The summed E-state index contributed by atoms with van der Waals surface area (Å²) >= 11 is 0. The molecule has 0 heterocycles. The number of nitrogens with one attached hydrogen (secondary N) is 1. The van der Waals surface area contributed by atoms with E-state index in [9.17, 15) is 9.46 Å². The maximum Gasteiger partial charge on any atom is 0.250 e. The average Bonchev–Trinajstić information content (AvgIpc) is 2.73. The van der Waals surface area contributed by atoms with Crippen molar-refractivity contribution in [1.29, 1.82) is 0 Å². The summed E-state index contributed by atoms with van der Waals surface area (Å²) < 4.78 is 18.9. The molecule has 3 atom stereocenters. The Morgan fingerprint density at radius 3 is 1.85 bits per heavy atom. The highest BCUT2D eigenvalue weighted by atomic mass is 31.2. The zero-order chi connectivity index (χ0) is 19.1. The van der Waals surface area contributed by atoms with Crippen LogP contribution in [0.15, 0.2) is 91.0 Å². The smallest absolute Gasteiger partial charge is 0.250 e. The van der Waals surface area contributed by atoms with Gasteiger partial charge in [0.25, 0.3) is 0 Å². The molecular formula is C22H24NO3P. The molecule has 3 aromatic carbocycles. The first-order chi connectivity index (χ1) is 13.1. The molecular weight excluding hydrogens is 357 g/mol. The number of hydrogen-bond donors (Lipinski definition) is 2. The van der Waals surface area contributed by atoms with Crippen molar-refractivity contribution in [2.75, 3.05) is 13.7 Å². The van der Waals surface area contributed by atoms with Crippen molar-refractivity contribution in [3.63, 3.8) is 0 Å². The first-order valence-electron chi connectivity index (χ1n) is 8.86. The van der Waals surface area contributed by atoms with E-state index in [1.807, 2.05) is 66.7 Å². The molecule has 27 heavy (non-hydrogen) atoms. The Morgan fingerprint density at radius 2 is 1.33 bits per heavy atom. The molecule has 0 aliphatic heterocycles. The molecule has 5 heteroatoms. The van der Waals surface area contributed by atoms with Gasteiger partial charge in [0.15, 0.2) is 0 Å². The van der Waals surface area contributed by atoms with Crippen molar-refractivity contribution in [2.45, 2.75) is 11.8 Å². The van der Waals surface area contributed by atoms with Crippen LogP contribution in [0.25, 0.3) is 0 Å². The summed E-state index contributed by atoms with van der Waals surface area (Å²) in [5, 5.41) is 3.81. The largest absolute Gasteiger partial charge is 0.383 e. The van der Waals surface area contributed by atoms with E-state index in [4.69, 9.17) is 4.74 Å². The number of ether oxygens (including phenoxy) is 1. The lowest BCUT2D eigenvalue weighted by Gasteiger charge is -2.29. The van der Waals surface area contributed by atoms with Gasteiger partial charge in [0.2, 0.25) is 7.37 Å². The lowest BCUT2D eigenvalue weighted by atomic mass is 10.1. The van der Waals surface area contributed by atoms with E-state index in [-0.39, 0.29) is 6.04 Å². The summed E-state index contributed by atoms with van der Waals surface area (Å²) in [5.74, 6) is -0.749. The quantitative estimate of drug-likeness (QED) is 0.573. The Morgan fingerprint density at radius 1 is 0.852 bits per heavy atom. The van der Waals surface area contributed by atoms with Gasteiger partial charge < -0.3 is 9.63 Å². The number of hydrogen-bond acceptors (Lipinski definition) is 3. The molecule has 0 aliphatic carbocycles. The van der Waals surface area contributed by atoms with E-state index in [2.05, 4.69) is 5.32 Å². The molecule has 0 spiro atoms. The van der Waals surface area contributed by atoms with E-state index < -0.39 is 13.2 Å². The van der Waals surface area contributed by atoms with Gasteiger partial charge in [-0.05, 0) is 23.3 Å². The fourth-order valence-electron chi connectivity index (χ4n) is 3.11. The summed E-state index contributed by atoms with van der Waals surface area (Å²) in [6.45, 7) is 0.391. The minimum absolute atomic E-state index is 0.217. The van der Waals surface area contributed by atoms with Gasteiger partial charge in [-0.3, -0.25) is 9.88 Å². The van der Waals surface area contributed by atoms with Crippen LogP contribution >= 0.6 is 7.37 Å². The van der Waals surface area contributed by atoms with Gasteiger partial charge in [-0.2, -0.15) is 0 Å². The van der Waals surface area contributed by atoms with Crippen LogP contribution in [0.3, 0.4) is 0 Å². The second-order valence-electron chi connectivity index (χ2n) is 6.36. The number of rotatable bonds is 8. The van der Waals surface area contributed by atoms with Gasteiger partial charge in [0.1, 0.15) is 5.78 Å². The molecule has 0 aromatic heterocycles. The third-order valence-corrected chi connectivity index (χ3v) is 6.67. The molecule has 0 saturated heterocycles. The van der Waals surface area contributed by atoms with E-state index in [1.165, 1.54) is 0 Å². The summed E-state index contributed by atoms with van der Waals surface area (Å²) in [4.78, 5) is 11.1. The van der Waals surface area contributed by atoms with Crippen molar-refractivity contribution < 1.29 is 14.2 Å². The molecule has 4 nitrogen and oxygen atoms in total. The molecule has 0 fully saturated rings. The molecule has 3 aromatic rings. The Kier molecular flexibility index (Phi) is 6.59. The highest BCUT2D eigenvalue weighted by molar-refractivity contribution is 7.66. The van der Waals surface area contributed by atoms with Crippen LogP contribution in [-0.2, 0) is 9.30 Å². The predicted molar refractivity (Wildman–Crippen MR) is 109 cm³/mol. The van der Waals surface area contributed by atoms with Crippen molar-refractivity contribution in [3.05, 3.63) is 102 Å². The monoisotopic (exact) mass is 381 g/mol. The van der Waals surface area contributed by atoms with E-state index in [0.29, 0.717) is 11.9 Å². The fourth-order valence-corrected chi connectivity index (χ4v) is 4.96. The SMILES string of the molecule is COC[C@H](NC(c1ccccc1)P(=O)(O)c1ccccc1)c1ccccc1. The highest BCUT2D eigenvalue weighted by Gasteiger charge is 2.35. The molecule has 0 bridgehead atoms. The van der Waals surface area contributed by atoms with Crippen molar-refractivity contribution in [3.8, 4) is 0 Å². The second kappa shape index (κ2) is 9.12. The zero-order valence-electron chi connectivity index (χ0n) is 15.2. The van der Waals surface area contributed by atoms with Gasteiger partial charge in [0.05, 0.1) is 12.6 Å². The number of benzene rings is 3. The van der Waals surface area contributed by atoms with E-state index >= 15 is 0 Å². The average molecular weight is 381 g/mol. The van der Waals surface area contributed by atoms with Crippen LogP contribution in [0.1, 0.15) is 23.0 Å². The predicted octanol–water partition coefficient (Wildman–Crippen LogP) is 4.26. The van der Waals surface area contributed by atoms with Crippen molar-refractivity contribution >= 4 is 12.7 Å². The van der Waals surface area contributed by atoms with Crippen LogP contribution in [0.4, 0.5) is 0 Å². The molecule has 0 radical (unpaired) electrons. The van der Waals surface area contributed by atoms with Crippen LogP contribution in [0.2, 0.25) is 0 Å². The summed E-state index contributed by atoms with van der Waals surface area (Å²) in [5.41, 5.74) is 1.78. The molecule has 0 aliphatic rings. The van der Waals surface area contributed by atoms with Crippen LogP contribution < -0.4 is 10.6 Å². The van der Waals surface area contributed by atoms with E-state index in [0.717, 1.165) is 11.1 Å². The summed E-state index contributed by atoms with van der Waals surface area (Å²) in [6, 6.07) is 27.8. The van der Waals surface area contributed by atoms with Crippen molar-refractivity contribution in [2.24, 2.45) is 0 Å². The van der Waals surface area contributed by atoms with Crippen LogP contribution in [0, 0.1) is 0 Å². The Labute approximate surface area is 160 Å². The minimum atomic E-state index is -3.74. The lowest BCUT2D eigenvalue weighted by Crippen LogP contribution is -2.31. The topological polar surface area (TPSA) is 58.6 Å². The lowest BCUT2D eigenvalue weighted by molar-refractivity contribution is 0.164. The summed E-state index contributed by atoms with van der Waals surface area (Å²) in [6.07, 6.45) is 0. The van der Waals surface area contributed by atoms with Gasteiger partial charge in [-0.15, -0.1) is 0 Å². The normalized spacial score (nSPS) is 15.6. The van der Waals surface area contributed by atoms with Gasteiger partial charge >= 0.3 is 0 Å². The van der Waals surface area contributed by atoms with E-state index in [1.54, 1.807) is 31.4 Å². The van der Waals surface area contributed by atoms with Gasteiger partial charge in [-0.1, -0.05) is 78.9 Å². The standard InChI is InChI=1S/C22H24NO3P/c1-26-17-21(18-11-5-2-6-12-18)23-22(19-13-7-3-8-14-19)27(24,25)20-15-9-4-10-16-20/h2-16,21-23H,17H2,1H3,(H,24,25)/t21-,22?/m0/s1. The first-order valence-corrected chi connectivity index (χ1v) is 10.6. The minimum Gasteiger partial charge on any atom is -0.383 e. The third kappa shape index (κ3) is 4.74. The Balaban J connectivity index is 2.01. The molecule has 3 rings (SSSR count). The molecule has 140 valence electrons. The molecule has 0 saturated carbocycles. The van der Waals surface area contributed by atoms with Crippen LogP contribution in [-0.4, -0.2) is 18.6 Å². The first kappa shape index (κ1) is 19.5.